The van der Waals surface area contributed by atoms with Crippen LogP contribution in [0.25, 0.3) is 0 Å². The first-order chi connectivity index (χ1) is 12.0. The maximum Gasteiger partial charge on any atom is 0.410 e. The summed E-state index contributed by atoms with van der Waals surface area (Å²) in [7, 11) is 1.50. The molecule has 0 spiro atoms. The number of benzene rings is 1. The number of aliphatic carboxylic acids is 1. The van der Waals surface area contributed by atoms with Crippen molar-refractivity contribution in [3.8, 4) is 5.75 Å². The fourth-order valence-corrected chi connectivity index (χ4v) is 3.48. The fraction of sp³-hybridized carbons (Fsp3) is 0.556. The zero-order valence-corrected chi connectivity index (χ0v) is 16.7. The van der Waals surface area contributed by atoms with E-state index in [0.717, 1.165) is 0 Å². The van der Waals surface area contributed by atoms with E-state index in [1.54, 1.807) is 32.9 Å². The van der Waals surface area contributed by atoms with Crippen molar-refractivity contribution in [2.75, 3.05) is 13.7 Å². The number of carboxylic acid groups (broad SMARTS) is 1. The summed E-state index contributed by atoms with van der Waals surface area (Å²) < 4.78 is 10.9. The van der Waals surface area contributed by atoms with Crippen LogP contribution in [0.2, 0.25) is 10.0 Å². The first kappa shape index (κ1) is 20.6. The number of hydrogen-bond acceptors (Lipinski definition) is 4. The summed E-state index contributed by atoms with van der Waals surface area (Å²) >= 11 is 12.6. The molecule has 1 aliphatic heterocycles. The second-order valence-electron chi connectivity index (χ2n) is 7.24. The summed E-state index contributed by atoms with van der Waals surface area (Å²) in [5.74, 6) is -1.12. The maximum atomic E-state index is 12.8. The van der Waals surface area contributed by atoms with E-state index in [-0.39, 0.29) is 6.54 Å². The molecule has 1 N–H and O–H groups in total. The number of halogens is 2. The molecule has 1 aromatic rings. The standard InChI is InChI=1S/C18H23Cl2NO5/c1-18(2,3)26-17(24)21-9-10(16(22)23)5-7-12(21)14-13(25-4)8-6-11(19)15(14)20/h6,8,10,12H,5,7,9H2,1-4H3,(H,22,23). The quantitative estimate of drug-likeness (QED) is 0.785. The van der Waals surface area contributed by atoms with Crippen LogP contribution in [0.15, 0.2) is 12.1 Å². The van der Waals surface area contributed by atoms with Crippen LogP contribution in [0, 0.1) is 5.92 Å². The van der Waals surface area contributed by atoms with Crippen LogP contribution in [-0.4, -0.2) is 41.3 Å². The predicted octanol–water partition coefficient (Wildman–Crippen LogP) is 4.77. The monoisotopic (exact) mass is 403 g/mol. The molecule has 1 aromatic carbocycles. The normalized spacial score (nSPS) is 20.6. The Morgan fingerprint density at radius 1 is 1.23 bits per heavy atom. The lowest BCUT2D eigenvalue weighted by Gasteiger charge is -2.40. The molecule has 1 fully saturated rings. The Kier molecular flexibility index (Phi) is 6.29. The highest BCUT2D eigenvalue weighted by atomic mass is 35.5. The molecule has 1 saturated heterocycles. The highest BCUT2D eigenvalue weighted by Crippen LogP contribution is 2.44. The molecule has 2 unspecified atom stereocenters. The molecule has 6 nitrogen and oxygen atoms in total. The number of likely N-dealkylation sites (tertiary alicyclic amines) is 1. The van der Waals surface area contributed by atoms with E-state index in [9.17, 15) is 14.7 Å². The average Bonchev–Trinajstić information content (AvgIpc) is 2.55. The van der Waals surface area contributed by atoms with Gasteiger partial charge >= 0.3 is 12.1 Å². The molecule has 0 aromatic heterocycles. The highest BCUT2D eigenvalue weighted by Gasteiger charge is 2.39. The summed E-state index contributed by atoms with van der Waals surface area (Å²) in [6, 6.07) is 2.81. The van der Waals surface area contributed by atoms with Crippen LogP contribution >= 0.6 is 23.2 Å². The van der Waals surface area contributed by atoms with Gasteiger partial charge < -0.3 is 19.5 Å². The van der Waals surface area contributed by atoms with E-state index in [0.29, 0.717) is 34.2 Å². The molecule has 0 bridgehead atoms. The number of carboxylic acids is 1. The van der Waals surface area contributed by atoms with E-state index in [1.807, 2.05) is 0 Å². The van der Waals surface area contributed by atoms with Crippen molar-refractivity contribution in [3.63, 3.8) is 0 Å². The zero-order valence-electron chi connectivity index (χ0n) is 15.2. The van der Waals surface area contributed by atoms with Crippen molar-refractivity contribution in [3.05, 3.63) is 27.7 Å². The molecule has 26 heavy (non-hydrogen) atoms. The number of rotatable bonds is 3. The van der Waals surface area contributed by atoms with Crippen LogP contribution in [0.3, 0.4) is 0 Å². The predicted molar refractivity (Wildman–Crippen MR) is 99.1 cm³/mol. The smallest absolute Gasteiger partial charge is 0.410 e. The zero-order chi connectivity index (χ0) is 19.6. The Bertz CT molecular complexity index is 702. The van der Waals surface area contributed by atoms with Crippen molar-refractivity contribution in [2.45, 2.75) is 45.3 Å². The minimum Gasteiger partial charge on any atom is -0.496 e. The number of amides is 1. The van der Waals surface area contributed by atoms with E-state index in [4.69, 9.17) is 32.7 Å². The summed E-state index contributed by atoms with van der Waals surface area (Å²) in [6.07, 6.45) is 0.226. The summed E-state index contributed by atoms with van der Waals surface area (Å²) in [6.45, 7) is 5.29. The van der Waals surface area contributed by atoms with E-state index < -0.39 is 29.6 Å². The number of ether oxygens (including phenoxy) is 2. The summed E-state index contributed by atoms with van der Waals surface area (Å²) in [5.41, 5.74) is -0.142. The second kappa shape index (κ2) is 7.92. The topological polar surface area (TPSA) is 76.1 Å². The molecule has 2 rings (SSSR count). The lowest BCUT2D eigenvalue weighted by atomic mass is 9.88. The lowest BCUT2D eigenvalue weighted by molar-refractivity contribution is -0.144. The molecule has 1 amide bonds. The van der Waals surface area contributed by atoms with Gasteiger partial charge in [-0.1, -0.05) is 23.2 Å². The van der Waals surface area contributed by atoms with Gasteiger partial charge in [-0.3, -0.25) is 4.79 Å². The molecule has 0 radical (unpaired) electrons. The molecule has 1 heterocycles. The van der Waals surface area contributed by atoms with Gasteiger partial charge in [0.2, 0.25) is 0 Å². The van der Waals surface area contributed by atoms with Gasteiger partial charge in [-0.2, -0.15) is 0 Å². The number of piperidine rings is 1. The Balaban J connectivity index is 2.46. The third-order valence-corrected chi connectivity index (χ3v) is 5.02. The Labute approximate surface area is 163 Å². The summed E-state index contributed by atoms with van der Waals surface area (Å²) in [4.78, 5) is 25.6. The van der Waals surface area contributed by atoms with Crippen molar-refractivity contribution in [1.29, 1.82) is 0 Å². The first-order valence-electron chi connectivity index (χ1n) is 8.29. The second-order valence-corrected chi connectivity index (χ2v) is 8.02. The first-order valence-corrected chi connectivity index (χ1v) is 9.05. The van der Waals surface area contributed by atoms with Crippen LogP contribution in [0.4, 0.5) is 4.79 Å². The number of carbonyl (C=O) groups is 2. The van der Waals surface area contributed by atoms with Gasteiger partial charge in [0.15, 0.2) is 0 Å². The molecular weight excluding hydrogens is 381 g/mol. The number of hydrogen-bond donors (Lipinski definition) is 1. The molecule has 0 aliphatic carbocycles. The van der Waals surface area contributed by atoms with Crippen molar-refractivity contribution in [2.24, 2.45) is 5.92 Å². The Morgan fingerprint density at radius 2 is 1.88 bits per heavy atom. The van der Waals surface area contributed by atoms with Gasteiger partial charge in [-0.05, 0) is 45.7 Å². The third-order valence-electron chi connectivity index (χ3n) is 4.20. The molecule has 144 valence electrons. The number of nitrogens with zero attached hydrogens (tertiary/aromatic N) is 1. The van der Waals surface area contributed by atoms with Gasteiger partial charge in [0.1, 0.15) is 11.4 Å². The van der Waals surface area contributed by atoms with Crippen molar-refractivity contribution < 1.29 is 24.2 Å². The van der Waals surface area contributed by atoms with Crippen LogP contribution in [0.5, 0.6) is 5.75 Å². The average molecular weight is 404 g/mol. The van der Waals surface area contributed by atoms with Crippen LogP contribution in [0.1, 0.15) is 45.2 Å². The molecule has 8 heteroatoms. The lowest BCUT2D eigenvalue weighted by Crippen LogP contribution is -2.46. The number of carbonyl (C=O) groups excluding carboxylic acids is 1. The van der Waals surface area contributed by atoms with Crippen LogP contribution < -0.4 is 4.74 Å². The van der Waals surface area contributed by atoms with E-state index in [2.05, 4.69) is 0 Å². The molecule has 2 atom stereocenters. The van der Waals surface area contributed by atoms with Gasteiger partial charge in [0, 0.05) is 12.1 Å². The van der Waals surface area contributed by atoms with E-state index in [1.165, 1.54) is 12.0 Å². The van der Waals surface area contributed by atoms with E-state index >= 15 is 0 Å². The van der Waals surface area contributed by atoms with Gasteiger partial charge in [-0.15, -0.1) is 0 Å². The van der Waals surface area contributed by atoms with Crippen molar-refractivity contribution >= 4 is 35.3 Å². The van der Waals surface area contributed by atoms with Gasteiger partial charge in [0.05, 0.1) is 29.1 Å². The Hall–Kier alpha value is -1.66. The minimum absolute atomic E-state index is 0.0287. The molecule has 1 aliphatic rings. The van der Waals surface area contributed by atoms with Gasteiger partial charge in [-0.25, -0.2) is 4.79 Å². The van der Waals surface area contributed by atoms with Crippen molar-refractivity contribution in [1.82, 2.24) is 4.90 Å². The van der Waals surface area contributed by atoms with Crippen LogP contribution in [-0.2, 0) is 9.53 Å². The largest absolute Gasteiger partial charge is 0.496 e. The fourth-order valence-electron chi connectivity index (χ4n) is 3.03. The SMILES string of the molecule is COc1ccc(Cl)c(Cl)c1C1CCC(C(=O)O)CN1C(=O)OC(C)(C)C. The van der Waals surface area contributed by atoms with Gasteiger partial charge in [0.25, 0.3) is 0 Å². The minimum atomic E-state index is -0.943. The maximum absolute atomic E-state index is 12.8. The number of methoxy groups -OCH3 is 1. The Morgan fingerprint density at radius 3 is 2.42 bits per heavy atom. The highest BCUT2D eigenvalue weighted by molar-refractivity contribution is 6.42. The summed E-state index contributed by atoms with van der Waals surface area (Å²) in [5, 5.41) is 10.0. The molecule has 0 saturated carbocycles. The third kappa shape index (κ3) is 4.54. The molecular formula is C18H23Cl2NO5.